The summed E-state index contributed by atoms with van der Waals surface area (Å²) in [6.07, 6.45) is 7.53. The number of anilines is 1. The van der Waals surface area contributed by atoms with Gasteiger partial charge in [0.15, 0.2) is 0 Å². The topological polar surface area (TPSA) is 3.24 Å². The van der Waals surface area contributed by atoms with Crippen molar-refractivity contribution in [2.45, 2.75) is 25.7 Å². The number of benzene rings is 1. The Morgan fingerprint density at radius 1 is 1.07 bits per heavy atom. The molecule has 0 heterocycles. The predicted octanol–water partition coefficient (Wildman–Crippen LogP) is 3.58. The first-order chi connectivity index (χ1) is 6.88. The van der Waals surface area contributed by atoms with Crippen LogP contribution in [0.5, 0.6) is 0 Å². The van der Waals surface area contributed by atoms with E-state index in [1.807, 2.05) is 0 Å². The molecule has 1 heteroatoms. The number of nitrogens with zero attached hydrogens (tertiary/aromatic N) is 1. The molecule has 1 nitrogen and oxygen atoms in total. The van der Waals surface area contributed by atoms with Crippen LogP contribution in [0.4, 0.5) is 5.69 Å². The van der Waals surface area contributed by atoms with E-state index in [1.165, 1.54) is 37.1 Å². The van der Waals surface area contributed by atoms with Gasteiger partial charge in [-0.15, -0.1) is 0 Å². The monoisotopic (exact) mass is 187 g/mol. The van der Waals surface area contributed by atoms with E-state index in [0.717, 1.165) is 0 Å². The summed E-state index contributed by atoms with van der Waals surface area (Å²) in [4.78, 5) is 2.30. The number of hydrogen-bond acceptors (Lipinski definition) is 1. The van der Waals surface area contributed by atoms with Crippen molar-refractivity contribution in [2.24, 2.45) is 0 Å². The van der Waals surface area contributed by atoms with Crippen LogP contribution >= 0.6 is 0 Å². The van der Waals surface area contributed by atoms with Crippen molar-refractivity contribution in [3.05, 3.63) is 42.1 Å². The number of hydrogen-bond donors (Lipinski definition) is 0. The first-order valence-corrected chi connectivity index (χ1v) is 5.36. The molecule has 0 radical (unpaired) electrons. The fraction of sp³-hybridized carbons (Fsp3) is 0.385. The van der Waals surface area contributed by atoms with Crippen molar-refractivity contribution in [1.82, 2.24) is 0 Å². The van der Waals surface area contributed by atoms with E-state index in [-0.39, 0.29) is 0 Å². The Kier molecular flexibility index (Phi) is 2.87. The van der Waals surface area contributed by atoms with E-state index in [0.29, 0.717) is 0 Å². The molecule has 14 heavy (non-hydrogen) atoms. The van der Waals surface area contributed by atoms with Crippen molar-refractivity contribution in [1.29, 1.82) is 0 Å². The second-order valence-corrected chi connectivity index (χ2v) is 3.84. The average Bonchev–Trinajstić information content (AvgIpc) is 2.30. The van der Waals surface area contributed by atoms with E-state index in [4.69, 9.17) is 0 Å². The Hall–Kier alpha value is -1.24. The summed E-state index contributed by atoms with van der Waals surface area (Å²) in [6.45, 7) is 0. The largest absolute Gasteiger partial charge is 0.349 e. The smallest absolute Gasteiger partial charge is 0.0405 e. The fourth-order valence-electron chi connectivity index (χ4n) is 1.94. The molecule has 0 amide bonds. The third kappa shape index (κ3) is 1.98. The zero-order valence-electron chi connectivity index (χ0n) is 8.74. The average molecular weight is 187 g/mol. The van der Waals surface area contributed by atoms with Gasteiger partial charge in [-0.3, -0.25) is 0 Å². The predicted molar refractivity (Wildman–Crippen MR) is 61.4 cm³/mol. The lowest BCUT2D eigenvalue weighted by Crippen LogP contribution is -2.17. The number of allylic oxidation sites excluding steroid dienone is 2. The SMILES string of the molecule is CN(C1=CCCCC1)c1ccccc1. The minimum atomic E-state index is 1.23. The maximum Gasteiger partial charge on any atom is 0.0405 e. The van der Waals surface area contributed by atoms with Crippen LogP contribution in [0.25, 0.3) is 0 Å². The summed E-state index contributed by atoms with van der Waals surface area (Å²) < 4.78 is 0. The molecule has 0 bridgehead atoms. The van der Waals surface area contributed by atoms with E-state index in [9.17, 15) is 0 Å². The molecule has 0 spiro atoms. The van der Waals surface area contributed by atoms with Gasteiger partial charge >= 0.3 is 0 Å². The van der Waals surface area contributed by atoms with Crippen LogP contribution in [0.2, 0.25) is 0 Å². The Morgan fingerprint density at radius 3 is 2.50 bits per heavy atom. The molecule has 0 saturated heterocycles. The van der Waals surface area contributed by atoms with E-state index < -0.39 is 0 Å². The first-order valence-electron chi connectivity index (χ1n) is 5.36. The summed E-state index contributed by atoms with van der Waals surface area (Å²) >= 11 is 0. The number of para-hydroxylation sites is 1. The molecule has 1 aliphatic rings. The highest BCUT2D eigenvalue weighted by Gasteiger charge is 2.09. The fourth-order valence-corrected chi connectivity index (χ4v) is 1.94. The van der Waals surface area contributed by atoms with Crippen molar-refractivity contribution in [3.8, 4) is 0 Å². The molecule has 0 unspecified atom stereocenters. The minimum Gasteiger partial charge on any atom is -0.349 e. The first kappa shape index (κ1) is 9.32. The van der Waals surface area contributed by atoms with Crippen LogP contribution in [0.15, 0.2) is 42.1 Å². The van der Waals surface area contributed by atoms with Gasteiger partial charge in [0.2, 0.25) is 0 Å². The highest BCUT2D eigenvalue weighted by Crippen LogP contribution is 2.24. The Morgan fingerprint density at radius 2 is 1.86 bits per heavy atom. The van der Waals surface area contributed by atoms with Gasteiger partial charge in [-0.25, -0.2) is 0 Å². The molecule has 0 fully saturated rings. The summed E-state index contributed by atoms with van der Waals surface area (Å²) in [5, 5.41) is 0. The quantitative estimate of drug-likeness (QED) is 0.684. The van der Waals surface area contributed by atoms with Crippen LogP contribution in [0.1, 0.15) is 25.7 Å². The zero-order chi connectivity index (χ0) is 9.80. The third-order valence-electron chi connectivity index (χ3n) is 2.84. The van der Waals surface area contributed by atoms with Gasteiger partial charge in [0.25, 0.3) is 0 Å². The molecule has 0 aromatic heterocycles. The molecule has 0 atom stereocenters. The van der Waals surface area contributed by atoms with Gasteiger partial charge in [0.1, 0.15) is 0 Å². The van der Waals surface area contributed by atoms with Crippen molar-refractivity contribution in [2.75, 3.05) is 11.9 Å². The van der Waals surface area contributed by atoms with Gasteiger partial charge in [-0.05, 0) is 37.8 Å². The summed E-state index contributed by atoms with van der Waals surface area (Å²) in [6, 6.07) is 10.6. The lowest BCUT2D eigenvalue weighted by Gasteiger charge is -2.25. The van der Waals surface area contributed by atoms with Crippen LogP contribution in [-0.4, -0.2) is 7.05 Å². The van der Waals surface area contributed by atoms with Crippen LogP contribution < -0.4 is 4.90 Å². The van der Waals surface area contributed by atoms with Crippen molar-refractivity contribution >= 4 is 5.69 Å². The van der Waals surface area contributed by atoms with Crippen LogP contribution in [0, 0.1) is 0 Å². The second kappa shape index (κ2) is 4.32. The summed E-state index contributed by atoms with van der Waals surface area (Å²) in [5.41, 5.74) is 2.77. The second-order valence-electron chi connectivity index (χ2n) is 3.84. The molecular weight excluding hydrogens is 170 g/mol. The van der Waals surface area contributed by atoms with Crippen LogP contribution in [0.3, 0.4) is 0 Å². The maximum atomic E-state index is 2.37. The van der Waals surface area contributed by atoms with Crippen molar-refractivity contribution < 1.29 is 0 Å². The van der Waals surface area contributed by atoms with E-state index in [2.05, 4.69) is 48.4 Å². The van der Waals surface area contributed by atoms with Gasteiger partial charge in [0.05, 0.1) is 0 Å². The molecule has 1 aliphatic carbocycles. The lowest BCUT2D eigenvalue weighted by atomic mass is 10.0. The standard InChI is InChI=1S/C13H17N/c1-14(12-8-4-2-5-9-12)13-10-6-3-7-11-13/h2,4-5,8-10H,3,6-7,11H2,1H3. The highest BCUT2D eigenvalue weighted by atomic mass is 15.1. The lowest BCUT2D eigenvalue weighted by molar-refractivity contribution is 0.685. The zero-order valence-corrected chi connectivity index (χ0v) is 8.74. The molecule has 0 aliphatic heterocycles. The van der Waals surface area contributed by atoms with Gasteiger partial charge in [-0.1, -0.05) is 24.3 Å². The molecular formula is C13H17N. The molecule has 2 rings (SSSR count). The van der Waals surface area contributed by atoms with Crippen molar-refractivity contribution in [3.63, 3.8) is 0 Å². The summed E-state index contributed by atoms with van der Waals surface area (Å²) in [7, 11) is 2.16. The van der Waals surface area contributed by atoms with E-state index in [1.54, 1.807) is 0 Å². The highest BCUT2D eigenvalue weighted by molar-refractivity contribution is 5.50. The summed E-state index contributed by atoms with van der Waals surface area (Å²) in [5.74, 6) is 0. The Labute approximate surface area is 86.1 Å². The van der Waals surface area contributed by atoms with Gasteiger partial charge < -0.3 is 4.90 Å². The Balaban J connectivity index is 2.15. The Bertz CT molecular complexity index is 313. The van der Waals surface area contributed by atoms with E-state index >= 15 is 0 Å². The molecule has 0 saturated carbocycles. The normalized spacial score (nSPS) is 16.2. The molecule has 74 valence electrons. The minimum absolute atomic E-state index is 1.23. The molecule has 1 aromatic carbocycles. The van der Waals surface area contributed by atoms with Gasteiger partial charge in [-0.2, -0.15) is 0 Å². The maximum absolute atomic E-state index is 2.37. The molecule has 0 N–H and O–H groups in total. The third-order valence-corrected chi connectivity index (χ3v) is 2.84. The van der Waals surface area contributed by atoms with Crippen LogP contribution in [-0.2, 0) is 0 Å². The van der Waals surface area contributed by atoms with Gasteiger partial charge in [0, 0.05) is 18.4 Å². The molecule has 1 aromatic rings. The number of rotatable bonds is 2.